The van der Waals surface area contributed by atoms with Gasteiger partial charge in [0.25, 0.3) is 5.56 Å². The Labute approximate surface area is 204 Å². The molecule has 0 saturated carbocycles. The summed E-state index contributed by atoms with van der Waals surface area (Å²) in [7, 11) is 0. The van der Waals surface area contributed by atoms with Crippen LogP contribution in [0.1, 0.15) is 39.6 Å². The van der Waals surface area contributed by atoms with Gasteiger partial charge in [-0.1, -0.05) is 29.8 Å². The third-order valence-electron chi connectivity index (χ3n) is 6.06. The first kappa shape index (κ1) is 21.3. The Morgan fingerprint density at radius 2 is 1.94 bits per heavy atom. The van der Waals surface area contributed by atoms with Crippen molar-refractivity contribution in [2.45, 2.75) is 19.4 Å². The fourth-order valence-corrected chi connectivity index (χ4v) is 4.66. The lowest BCUT2D eigenvalue weighted by atomic mass is 10.0. The topological polar surface area (TPSA) is 98.1 Å². The van der Waals surface area contributed by atoms with Crippen LogP contribution in [-0.4, -0.2) is 20.9 Å². The van der Waals surface area contributed by atoms with Crippen molar-refractivity contribution in [1.82, 2.24) is 15.0 Å². The Balaban J connectivity index is 1.37. The molecule has 0 saturated heterocycles. The van der Waals surface area contributed by atoms with Gasteiger partial charge in [-0.15, -0.1) is 0 Å². The highest BCUT2D eigenvalue weighted by Gasteiger charge is 2.28. The van der Waals surface area contributed by atoms with Crippen molar-refractivity contribution >= 4 is 51.0 Å². The number of hydrogen-bond donors (Lipinski definition) is 1. The van der Waals surface area contributed by atoms with Crippen molar-refractivity contribution in [2.24, 2.45) is 0 Å². The van der Waals surface area contributed by atoms with Gasteiger partial charge in [-0.3, -0.25) is 4.79 Å². The molecular formula is C27H18ClN3O4. The normalized spacial score (nSPS) is 14.0. The average molecular weight is 484 g/mol. The summed E-state index contributed by atoms with van der Waals surface area (Å²) in [6.45, 7) is -0.183. The number of rotatable bonds is 4. The molecule has 35 heavy (non-hydrogen) atoms. The highest BCUT2D eigenvalue weighted by Crippen LogP contribution is 2.38. The number of benzene rings is 2. The summed E-state index contributed by atoms with van der Waals surface area (Å²) in [5.74, 6) is 0.484. The van der Waals surface area contributed by atoms with Gasteiger partial charge in [-0.25, -0.2) is 14.8 Å². The molecule has 0 amide bonds. The molecule has 2 aromatic carbocycles. The number of H-pyrrole nitrogens is 1. The maximum absolute atomic E-state index is 13.4. The van der Waals surface area contributed by atoms with Crippen LogP contribution in [0, 0.1) is 0 Å². The molecule has 1 aliphatic rings. The second-order valence-electron chi connectivity index (χ2n) is 8.27. The maximum atomic E-state index is 13.4. The standard InChI is InChI=1S/C27H18ClN3O4/c28-16-8-10-19-22(13-16)29-23(31-26(19)32)14-35-27(33)24-18-5-1-2-6-21(18)30-25-15(7-9-20(24)25)12-17-4-3-11-34-17/h1-6,8,10-13H,7,9,14H2,(H,29,31,32)/b15-12+. The third kappa shape index (κ3) is 3.90. The van der Waals surface area contributed by atoms with Crippen molar-refractivity contribution in [1.29, 1.82) is 0 Å². The largest absolute Gasteiger partial charge is 0.465 e. The number of carbonyl (C=O) groups excluding carboxylic acids is 1. The van der Waals surface area contributed by atoms with Crippen LogP contribution in [-0.2, 0) is 17.8 Å². The smallest absolute Gasteiger partial charge is 0.339 e. The number of aromatic amines is 1. The minimum atomic E-state index is -0.493. The summed E-state index contributed by atoms with van der Waals surface area (Å²) < 4.78 is 11.1. The number of ether oxygens (including phenoxy) is 1. The number of para-hydroxylation sites is 1. The van der Waals surface area contributed by atoms with Gasteiger partial charge in [0.2, 0.25) is 0 Å². The quantitative estimate of drug-likeness (QED) is 0.336. The lowest BCUT2D eigenvalue weighted by Gasteiger charge is -2.12. The molecule has 0 aliphatic heterocycles. The molecule has 0 unspecified atom stereocenters. The second kappa shape index (κ2) is 8.52. The molecule has 1 aliphatic carbocycles. The maximum Gasteiger partial charge on any atom is 0.339 e. The number of fused-ring (bicyclic) bond motifs is 3. The van der Waals surface area contributed by atoms with Gasteiger partial charge >= 0.3 is 5.97 Å². The Hall–Kier alpha value is -4.23. The fourth-order valence-electron chi connectivity index (χ4n) is 4.49. The number of aromatic nitrogens is 3. The monoisotopic (exact) mass is 483 g/mol. The number of halogens is 1. The van der Waals surface area contributed by atoms with Gasteiger partial charge in [0, 0.05) is 10.4 Å². The van der Waals surface area contributed by atoms with Crippen molar-refractivity contribution in [2.75, 3.05) is 0 Å². The molecule has 6 rings (SSSR count). The molecule has 0 radical (unpaired) electrons. The number of nitrogens with one attached hydrogen (secondary N) is 1. The van der Waals surface area contributed by atoms with Gasteiger partial charge < -0.3 is 14.1 Å². The lowest BCUT2D eigenvalue weighted by molar-refractivity contribution is 0.0463. The van der Waals surface area contributed by atoms with Gasteiger partial charge in [0.15, 0.2) is 0 Å². The van der Waals surface area contributed by atoms with Crippen LogP contribution < -0.4 is 5.56 Å². The zero-order chi connectivity index (χ0) is 23.9. The van der Waals surface area contributed by atoms with Gasteiger partial charge in [-0.05, 0) is 66.5 Å². The molecule has 172 valence electrons. The van der Waals surface area contributed by atoms with Gasteiger partial charge in [0.1, 0.15) is 18.2 Å². The summed E-state index contributed by atoms with van der Waals surface area (Å²) in [5.41, 5.74) is 3.94. The van der Waals surface area contributed by atoms with Crippen molar-refractivity contribution in [3.63, 3.8) is 0 Å². The SMILES string of the molecule is O=C(OCc1nc2cc(Cl)ccc2c(=O)[nH]1)c1c2c(nc3ccccc13)/C(=C/c1ccco1)CC2. The number of nitrogens with zero attached hydrogens (tertiary/aromatic N) is 2. The molecule has 3 heterocycles. The molecule has 1 N–H and O–H groups in total. The Morgan fingerprint density at radius 3 is 2.80 bits per heavy atom. The number of pyridine rings is 1. The van der Waals surface area contributed by atoms with E-state index in [1.807, 2.05) is 42.5 Å². The Kier molecular flexibility index (Phi) is 5.19. The number of furan rings is 1. The zero-order valence-corrected chi connectivity index (χ0v) is 19.1. The average Bonchev–Trinajstić information content (AvgIpc) is 3.51. The van der Waals surface area contributed by atoms with E-state index in [9.17, 15) is 9.59 Å². The summed E-state index contributed by atoms with van der Waals surface area (Å²) in [6, 6.07) is 16.1. The molecule has 0 atom stereocenters. The molecule has 0 spiro atoms. The van der Waals surface area contributed by atoms with Crippen LogP contribution in [0.15, 0.2) is 70.1 Å². The van der Waals surface area contributed by atoms with E-state index in [1.165, 1.54) is 0 Å². The van der Waals surface area contributed by atoms with Gasteiger partial charge in [-0.2, -0.15) is 0 Å². The van der Waals surface area contributed by atoms with E-state index in [4.69, 9.17) is 25.7 Å². The fraction of sp³-hybridized carbons (Fsp3) is 0.111. The predicted molar refractivity (Wildman–Crippen MR) is 133 cm³/mol. The van der Waals surface area contributed by atoms with E-state index in [2.05, 4.69) is 9.97 Å². The summed E-state index contributed by atoms with van der Waals surface area (Å²) in [6.07, 6.45) is 4.98. The lowest BCUT2D eigenvalue weighted by Crippen LogP contribution is -2.15. The highest BCUT2D eigenvalue weighted by atomic mass is 35.5. The van der Waals surface area contributed by atoms with Crippen LogP contribution in [0.5, 0.6) is 0 Å². The first-order valence-electron chi connectivity index (χ1n) is 11.1. The highest BCUT2D eigenvalue weighted by molar-refractivity contribution is 6.31. The second-order valence-corrected chi connectivity index (χ2v) is 8.70. The first-order valence-corrected chi connectivity index (χ1v) is 11.5. The number of hydrogen-bond acceptors (Lipinski definition) is 6. The minimum absolute atomic E-state index is 0.183. The summed E-state index contributed by atoms with van der Waals surface area (Å²) >= 11 is 6.04. The predicted octanol–water partition coefficient (Wildman–Crippen LogP) is 5.56. The molecule has 3 aromatic heterocycles. The van der Waals surface area contributed by atoms with Crippen LogP contribution in [0.4, 0.5) is 0 Å². The Morgan fingerprint density at radius 1 is 1.06 bits per heavy atom. The number of carbonyl (C=O) groups is 1. The van der Waals surface area contributed by atoms with Crippen LogP contribution in [0.3, 0.4) is 0 Å². The first-order chi connectivity index (χ1) is 17.1. The van der Waals surface area contributed by atoms with Crippen LogP contribution >= 0.6 is 11.6 Å². The molecular weight excluding hydrogens is 466 g/mol. The van der Waals surface area contributed by atoms with E-state index in [0.29, 0.717) is 33.4 Å². The molecule has 7 nitrogen and oxygen atoms in total. The van der Waals surface area contributed by atoms with Crippen molar-refractivity contribution < 1.29 is 13.9 Å². The van der Waals surface area contributed by atoms with Crippen molar-refractivity contribution in [3.8, 4) is 0 Å². The van der Waals surface area contributed by atoms with Crippen molar-refractivity contribution in [3.05, 3.63) is 105 Å². The van der Waals surface area contributed by atoms with Gasteiger partial charge in [0.05, 0.1) is 33.9 Å². The molecule has 0 bridgehead atoms. The summed E-state index contributed by atoms with van der Waals surface area (Å²) in [5, 5.41) is 1.61. The van der Waals surface area contributed by atoms with E-state index < -0.39 is 5.97 Å². The zero-order valence-electron chi connectivity index (χ0n) is 18.4. The molecule has 5 aromatic rings. The molecule has 0 fully saturated rings. The molecule has 8 heteroatoms. The van der Waals surface area contributed by atoms with E-state index in [-0.39, 0.29) is 18.0 Å². The van der Waals surface area contributed by atoms with E-state index in [0.717, 1.165) is 34.4 Å². The van der Waals surface area contributed by atoms with E-state index in [1.54, 1.807) is 24.5 Å². The number of allylic oxidation sites excluding steroid dienone is 1. The third-order valence-corrected chi connectivity index (χ3v) is 6.30. The Bertz CT molecular complexity index is 1700. The van der Waals surface area contributed by atoms with E-state index >= 15 is 0 Å². The minimum Gasteiger partial charge on any atom is -0.465 e. The summed E-state index contributed by atoms with van der Waals surface area (Å²) in [4.78, 5) is 37.7. The number of esters is 1. The van der Waals surface area contributed by atoms with Crippen LogP contribution in [0.25, 0.3) is 33.5 Å². The van der Waals surface area contributed by atoms with Crippen LogP contribution in [0.2, 0.25) is 5.02 Å².